The maximum atomic E-state index is 12.7. The summed E-state index contributed by atoms with van der Waals surface area (Å²) in [5.41, 5.74) is 4.97. The van der Waals surface area contributed by atoms with E-state index < -0.39 is 0 Å². The van der Waals surface area contributed by atoms with Crippen molar-refractivity contribution >= 4 is 5.91 Å². The molecule has 9 nitrogen and oxygen atoms in total. The van der Waals surface area contributed by atoms with Crippen molar-refractivity contribution in [3.05, 3.63) is 61.4 Å². The molecule has 5 rings (SSSR count). The van der Waals surface area contributed by atoms with Gasteiger partial charge in [0.05, 0.1) is 31.1 Å². The lowest BCUT2D eigenvalue weighted by Crippen LogP contribution is -2.44. The van der Waals surface area contributed by atoms with Crippen molar-refractivity contribution in [3.8, 4) is 33.6 Å². The number of carbonyl (C=O) groups excluding carboxylic acids is 1. The largest absolute Gasteiger partial charge is 0.394 e. The van der Waals surface area contributed by atoms with Crippen LogP contribution in [0.1, 0.15) is 45.6 Å². The standard InChI is InChI=1S/C29H35N7O2/c1-19(2)27(18-37)34-29(38)20-7-9-26(10-8-20)36-17-25(15-33-36)23-12-30-28(31-13-23)22-6-4-5-21(11-22)24-14-32-35(3)16-24/h4-6,11-17,19-20,26-27,37H,7-10,18H2,1-3H3,(H,34,38)/t20?,26?,27-/m0/s1. The van der Waals surface area contributed by atoms with Crippen LogP contribution >= 0.6 is 0 Å². The molecular weight excluding hydrogens is 478 g/mol. The molecule has 0 saturated heterocycles. The summed E-state index contributed by atoms with van der Waals surface area (Å²) in [5.74, 6) is 0.925. The van der Waals surface area contributed by atoms with E-state index in [1.54, 1.807) is 4.68 Å². The van der Waals surface area contributed by atoms with Crippen LogP contribution in [0.25, 0.3) is 33.6 Å². The summed E-state index contributed by atoms with van der Waals surface area (Å²) in [4.78, 5) is 21.9. The molecule has 0 unspecified atom stereocenters. The van der Waals surface area contributed by atoms with Gasteiger partial charge in [-0.25, -0.2) is 9.97 Å². The monoisotopic (exact) mass is 513 g/mol. The lowest BCUT2D eigenvalue weighted by atomic mass is 9.85. The molecule has 0 spiro atoms. The van der Waals surface area contributed by atoms with Crippen LogP contribution in [0.5, 0.6) is 0 Å². The Labute approximate surface area is 223 Å². The van der Waals surface area contributed by atoms with E-state index in [0.29, 0.717) is 5.82 Å². The highest BCUT2D eigenvalue weighted by Gasteiger charge is 2.29. The molecule has 3 aromatic heterocycles. The van der Waals surface area contributed by atoms with Crippen LogP contribution in [0.4, 0.5) is 0 Å². The second kappa shape index (κ2) is 11.3. The highest BCUT2D eigenvalue weighted by atomic mass is 16.3. The van der Waals surface area contributed by atoms with Crippen molar-refractivity contribution < 1.29 is 9.90 Å². The lowest BCUT2D eigenvalue weighted by molar-refractivity contribution is -0.127. The Balaban J connectivity index is 1.21. The van der Waals surface area contributed by atoms with E-state index >= 15 is 0 Å². The molecule has 9 heteroatoms. The van der Waals surface area contributed by atoms with Gasteiger partial charge in [0.15, 0.2) is 5.82 Å². The van der Waals surface area contributed by atoms with Gasteiger partial charge in [-0.15, -0.1) is 0 Å². The molecule has 2 N–H and O–H groups in total. The minimum absolute atomic E-state index is 0.00770. The van der Waals surface area contributed by atoms with Crippen LogP contribution in [-0.4, -0.2) is 53.2 Å². The van der Waals surface area contributed by atoms with E-state index in [4.69, 9.17) is 0 Å². The third kappa shape index (κ3) is 5.67. The van der Waals surface area contributed by atoms with E-state index in [-0.39, 0.29) is 36.4 Å². The first-order valence-electron chi connectivity index (χ1n) is 13.3. The van der Waals surface area contributed by atoms with Crippen molar-refractivity contribution in [2.45, 2.75) is 51.6 Å². The first-order chi connectivity index (χ1) is 18.4. The molecule has 1 aliphatic carbocycles. The maximum absolute atomic E-state index is 12.7. The molecular formula is C29H35N7O2. The highest BCUT2D eigenvalue weighted by molar-refractivity contribution is 5.79. The van der Waals surface area contributed by atoms with E-state index in [9.17, 15) is 9.90 Å². The van der Waals surface area contributed by atoms with Crippen molar-refractivity contribution in [1.82, 2.24) is 34.8 Å². The Morgan fingerprint density at radius 2 is 1.63 bits per heavy atom. The first-order valence-corrected chi connectivity index (χ1v) is 13.3. The van der Waals surface area contributed by atoms with Gasteiger partial charge < -0.3 is 10.4 Å². The first kappa shape index (κ1) is 25.8. The summed E-state index contributed by atoms with van der Waals surface area (Å²) in [6.07, 6.45) is 14.9. The summed E-state index contributed by atoms with van der Waals surface area (Å²) >= 11 is 0. The van der Waals surface area contributed by atoms with Gasteiger partial charge >= 0.3 is 0 Å². The van der Waals surface area contributed by atoms with Crippen molar-refractivity contribution in [3.63, 3.8) is 0 Å². The van der Waals surface area contributed by atoms with Crippen LogP contribution in [0, 0.1) is 11.8 Å². The minimum Gasteiger partial charge on any atom is -0.394 e. The molecule has 4 aromatic rings. The van der Waals surface area contributed by atoms with Crippen LogP contribution in [0.15, 0.2) is 61.4 Å². The Hall–Kier alpha value is -3.85. The fourth-order valence-electron chi connectivity index (χ4n) is 5.05. The number of aryl methyl sites for hydroxylation is 1. The van der Waals surface area contributed by atoms with Gasteiger partial charge in [0, 0.05) is 60.0 Å². The van der Waals surface area contributed by atoms with Crippen molar-refractivity contribution in [2.24, 2.45) is 18.9 Å². The number of aliphatic hydroxyl groups is 1. The normalized spacial score (nSPS) is 18.4. The average molecular weight is 514 g/mol. The van der Waals surface area contributed by atoms with E-state index in [2.05, 4.69) is 37.6 Å². The quantitative estimate of drug-likeness (QED) is 0.364. The number of nitrogens with one attached hydrogen (secondary N) is 1. The lowest BCUT2D eigenvalue weighted by Gasteiger charge is -2.30. The van der Waals surface area contributed by atoms with Gasteiger partial charge in [-0.2, -0.15) is 10.2 Å². The molecule has 1 aromatic carbocycles. The third-order valence-electron chi connectivity index (χ3n) is 7.52. The smallest absolute Gasteiger partial charge is 0.223 e. The SMILES string of the molecule is CC(C)[C@H](CO)NC(=O)C1CCC(n2cc(-c3cnc(-c4cccc(-c5cnn(C)c5)c4)nc3)cn2)CC1. The zero-order valence-electron chi connectivity index (χ0n) is 22.2. The molecule has 1 aliphatic rings. The number of aliphatic hydroxyl groups excluding tert-OH is 1. The van der Waals surface area contributed by atoms with E-state index in [1.165, 1.54) is 0 Å². The summed E-state index contributed by atoms with van der Waals surface area (Å²) in [6.45, 7) is 3.98. The van der Waals surface area contributed by atoms with Crippen LogP contribution in [0.3, 0.4) is 0 Å². The second-order valence-corrected chi connectivity index (χ2v) is 10.5. The van der Waals surface area contributed by atoms with Gasteiger partial charge in [0.1, 0.15) is 0 Å². The Morgan fingerprint density at radius 1 is 0.947 bits per heavy atom. The number of benzene rings is 1. The second-order valence-electron chi connectivity index (χ2n) is 10.5. The average Bonchev–Trinajstić information content (AvgIpc) is 3.61. The van der Waals surface area contributed by atoms with Gasteiger partial charge in [-0.05, 0) is 43.2 Å². The summed E-state index contributed by atoms with van der Waals surface area (Å²) in [7, 11) is 1.91. The van der Waals surface area contributed by atoms with Crippen LogP contribution in [0.2, 0.25) is 0 Å². The maximum Gasteiger partial charge on any atom is 0.223 e. The fraction of sp³-hybridized carbons (Fsp3) is 0.414. The van der Waals surface area contributed by atoms with Crippen molar-refractivity contribution in [1.29, 1.82) is 0 Å². The molecule has 0 radical (unpaired) electrons. The molecule has 1 fully saturated rings. The highest BCUT2D eigenvalue weighted by Crippen LogP contribution is 2.33. The zero-order valence-corrected chi connectivity index (χ0v) is 22.2. The summed E-state index contributed by atoms with van der Waals surface area (Å²) in [6, 6.07) is 8.23. The van der Waals surface area contributed by atoms with Crippen LogP contribution in [-0.2, 0) is 11.8 Å². The van der Waals surface area contributed by atoms with Gasteiger partial charge in [0.25, 0.3) is 0 Å². The molecule has 1 amide bonds. The predicted octanol–water partition coefficient (Wildman–Crippen LogP) is 4.27. The van der Waals surface area contributed by atoms with Gasteiger partial charge in [-0.1, -0.05) is 32.0 Å². The molecule has 38 heavy (non-hydrogen) atoms. The Morgan fingerprint density at radius 3 is 2.29 bits per heavy atom. The number of nitrogens with zero attached hydrogens (tertiary/aromatic N) is 6. The summed E-state index contributed by atoms with van der Waals surface area (Å²) in [5, 5.41) is 21.4. The topological polar surface area (TPSA) is 111 Å². The molecule has 1 atom stereocenters. The fourth-order valence-corrected chi connectivity index (χ4v) is 5.05. The number of hydrogen-bond donors (Lipinski definition) is 2. The number of aromatic nitrogens is 6. The predicted molar refractivity (Wildman–Crippen MR) is 146 cm³/mol. The zero-order chi connectivity index (χ0) is 26.6. The van der Waals surface area contributed by atoms with Crippen molar-refractivity contribution in [2.75, 3.05) is 6.61 Å². The van der Waals surface area contributed by atoms with Gasteiger partial charge in [0.2, 0.25) is 5.91 Å². The molecule has 0 aliphatic heterocycles. The minimum atomic E-state index is -0.187. The molecule has 1 saturated carbocycles. The summed E-state index contributed by atoms with van der Waals surface area (Å²) < 4.78 is 3.80. The Bertz CT molecular complexity index is 1370. The van der Waals surface area contributed by atoms with Crippen LogP contribution < -0.4 is 5.32 Å². The molecule has 0 bridgehead atoms. The molecule has 198 valence electrons. The van der Waals surface area contributed by atoms with E-state index in [1.807, 2.05) is 74.9 Å². The van der Waals surface area contributed by atoms with E-state index in [0.717, 1.165) is 53.5 Å². The number of rotatable bonds is 8. The third-order valence-corrected chi connectivity index (χ3v) is 7.52. The molecule has 3 heterocycles. The Kier molecular flexibility index (Phi) is 7.64. The number of carbonyl (C=O) groups is 1. The number of hydrogen-bond acceptors (Lipinski definition) is 6. The van der Waals surface area contributed by atoms with Gasteiger partial charge in [-0.3, -0.25) is 14.2 Å². The number of amides is 1.